The third kappa shape index (κ3) is 53.2. The highest BCUT2D eigenvalue weighted by Crippen LogP contribution is 2.18. The van der Waals surface area contributed by atoms with Gasteiger partial charge in [-0.15, -0.1) is 0 Å². The number of esters is 3. The summed E-state index contributed by atoms with van der Waals surface area (Å²) in [5.74, 6) is 0.845. The summed E-state index contributed by atoms with van der Waals surface area (Å²) < 4.78 is 16.9. The van der Waals surface area contributed by atoms with Crippen molar-refractivity contribution in [2.75, 3.05) is 13.2 Å². The van der Waals surface area contributed by atoms with Crippen LogP contribution in [-0.2, 0) is 28.6 Å². The van der Waals surface area contributed by atoms with Crippen molar-refractivity contribution in [1.82, 2.24) is 0 Å². The molecule has 0 aliphatic carbocycles. The van der Waals surface area contributed by atoms with Crippen LogP contribution >= 0.6 is 0 Å². The molecule has 0 saturated heterocycles. The second kappa shape index (κ2) is 51.8. The topological polar surface area (TPSA) is 78.9 Å². The molecule has 6 heteroatoms. The van der Waals surface area contributed by atoms with E-state index in [1.54, 1.807) is 0 Å². The minimum absolute atomic E-state index is 0.0625. The van der Waals surface area contributed by atoms with E-state index in [-0.39, 0.29) is 31.1 Å². The van der Waals surface area contributed by atoms with Crippen LogP contribution in [0.5, 0.6) is 0 Å². The van der Waals surface area contributed by atoms with Crippen LogP contribution in [-0.4, -0.2) is 37.2 Å². The van der Waals surface area contributed by atoms with Gasteiger partial charge in [-0.2, -0.15) is 0 Å². The molecule has 386 valence electrons. The van der Waals surface area contributed by atoms with Gasteiger partial charge in [0.15, 0.2) is 6.10 Å². The van der Waals surface area contributed by atoms with Gasteiger partial charge in [0.25, 0.3) is 0 Å². The van der Waals surface area contributed by atoms with Crippen molar-refractivity contribution >= 4 is 17.9 Å². The minimum Gasteiger partial charge on any atom is -0.462 e. The fourth-order valence-corrected chi connectivity index (χ4v) is 9.05. The van der Waals surface area contributed by atoms with Gasteiger partial charge >= 0.3 is 17.9 Å². The Hall–Kier alpha value is -1.59. The van der Waals surface area contributed by atoms with Crippen LogP contribution in [0.25, 0.3) is 0 Å². The summed E-state index contributed by atoms with van der Waals surface area (Å²) in [4.78, 5) is 38.2. The van der Waals surface area contributed by atoms with Crippen LogP contribution in [0.4, 0.5) is 0 Å². The minimum atomic E-state index is -0.763. The second-order valence-electron chi connectivity index (χ2n) is 21.2. The maximum Gasteiger partial charge on any atom is 0.306 e. The Kier molecular flexibility index (Phi) is 50.5. The fraction of sp³-hybridized carbons (Fsp3) is 0.949. The number of unbranched alkanes of at least 4 members (excludes halogenated alkanes) is 38. The molecular weight excluding hydrogens is 805 g/mol. The van der Waals surface area contributed by atoms with Gasteiger partial charge in [-0.05, 0) is 31.1 Å². The summed E-state index contributed by atoms with van der Waals surface area (Å²) in [6.07, 6.45) is 55.2. The zero-order valence-electron chi connectivity index (χ0n) is 44.6. The molecule has 0 aromatic heterocycles. The summed E-state index contributed by atoms with van der Waals surface area (Å²) in [6, 6.07) is 0. The smallest absolute Gasteiger partial charge is 0.306 e. The first-order chi connectivity index (χ1) is 31.7. The molecule has 0 unspecified atom stereocenters. The number of rotatable bonds is 53. The lowest BCUT2D eigenvalue weighted by Crippen LogP contribution is -2.30. The first-order valence-corrected chi connectivity index (χ1v) is 29.2. The first kappa shape index (κ1) is 63.4. The molecule has 0 aromatic rings. The van der Waals surface area contributed by atoms with E-state index in [0.29, 0.717) is 19.3 Å². The van der Waals surface area contributed by atoms with Gasteiger partial charge in [-0.3, -0.25) is 14.4 Å². The lowest BCUT2D eigenvalue weighted by atomic mass is 10.0. The molecule has 0 rings (SSSR count). The third-order valence-corrected chi connectivity index (χ3v) is 13.5. The molecule has 0 saturated carbocycles. The van der Waals surface area contributed by atoms with Crippen molar-refractivity contribution in [1.29, 1.82) is 0 Å². The zero-order chi connectivity index (χ0) is 47.5. The van der Waals surface area contributed by atoms with E-state index in [1.807, 2.05) is 0 Å². The van der Waals surface area contributed by atoms with Gasteiger partial charge in [0.2, 0.25) is 0 Å². The Morgan fingerprint density at radius 3 is 0.754 bits per heavy atom. The van der Waals surface area contributed by atoms with Gasteiger partial charge in [0, 0.05) is 19.3 Å². The normalized spacial score (nSPS) is 12.0. The molecule has 0 fully saturated rings. The number of hydrogen-bond acceptors (Lipinski definition) is 6. The number of ether oxygens (including phenoxy) is 3. The second-order valence-corrected chi connectivity index (χ2v) is 21.2. The van der Waals surface area contributed by atoms with Crippen LogP contribution in [0.2, 0.25) is 0 Å². The Morgan fingerprint density at radius 2 is 0.508 bits per heavy atom. The van der Waals surface area contributed by atoms with Crippen molar-refractivity contribution in [2.24, 2.45) is 11.8 Å². The third-order valence-electron chi connectivity index (χ3n) is 13.5. The molecule has 0 aliphatic heterocycles. The fourth-order valence-electron chi connectivity index (χ4n) is 9.05. The van der Waals surface area contributed by atoms with Gasteiger partial charge in [0.05, 0.1) is 0 Å². The highest BCUT2D eigenvalue weighted by Gasteiger charge is 2.19. The molecule has 0 aromatic carbocycles. The van der Waals surface area contributed by atoms with Gasteiger partial charge in [-0.1, -0.05) is 291 Å². The molecule has 0 heterocycles. The van der Waals surface area contributed by atoms with Crippen molar-refractivity contribution in [3.05, 3.63) is 0 Å². The van der Waals surface area contributed by atoms with Crippen molar-refractivity contribution in [3.8, 4) is 0 Å². The van der Waals surface area contributed by atoms with E-state index in [9.17, 15) is 14.4 Å². The predicted molar refractivity (Wildman–Crippen MR) is 280 cm³/mol. The lowest BCUT2D eigenvalue weighted by molar-refractivity contribution is -0.167. The summed E-state index contributed by atoms with van der Waals surface area (Å²) in [7, 11) is 0. The molecule has 0 aliphatic rings. The van der Waals surface area contributed by atoms with Crippen LogP contribution in [0, 0.1) is 11.8 Å². The Morgan fingerprint density at radius 1 is 0.292 bits per heavy atom. The van der Waals surface area contributed by atoms with E-state index in [4.69, 9.17) is 14.2 Å². The van der Waals surface area contributed by atoms with Crippen molar-refractivity contribution in [3.63, 3.8) is 0 Å². The monoisotopic (exact) mass is 919 g/mol. The largest absolute Gasteiger partial charge is 0.462 e. The Balaban J connectivity index is 4.30. The van der Waals surface area contributed by atoms with E-state index >= 15 is 0 Å². The van der Waals surface area contributed by atoms with E-state index < -0.39 is 6.10 Å². The molecule has 0 radical (unpaired) electrons. The summed E-state index contributed by atoms with van der Waals surface area (Å²) in [5, 5.41) is 0. The average Bonchev–Trinajstić information content (AvgIpc) is 3.28. The zero-order valence-corrected chi connectivity index (χ0v) is 44.6. The van der Waals surface area contributed by atoms with E-state index in [2.05, 4.69) is 34.6 Å². The molecule has 0 bridgehead atoms. The van der Waals surface area contributed by atoms with Crippen LogP contribution in [0.3, 0.4) is 0 Å². The Bertz CT molecular complexity index is 993. The van der Waals surface area contributed by atoms with Crippen LogP contribution < -0.4 is 0 Å². The molecule has 65 heavy (non-hydrogen) atoms. The Labute approximate surface area is 406 Å². The maximum absolute atomic E-state index is 12.9. The standard InChI is InChI=1S/C59H114O6/c1-6-7-8-9-10-11-12-13-19-24-29-34-39-44-49-57(60)63-52-56(65-59(62)51-46-41-36-31-26-21-16-18-23-28-33-38-43-48-55(4)5)53-64-58(61)50-45-40-35-30-25-20-15-14-17-22-27-32-37-42-47-54(2)3/h54-56H,6-53H2,1-5H3/t56-/m0/s1. The number of carbonyl (C=O) groups excluding carboxylic acids is 3. The highest BCUT2D eigenvalue weighted by atomic mass is 16.6. The molecule has 6 nitrogen and oxygen atoms in total. The SMILES string of the molecule is CCCCCCCCCCCCCCCCC(=O)OC[C@@H](COC(=O)CCCCCCCCCCCCCCCCC(C)C)OC(=O)CCCCCCCCCCCCCCCC(C)C. The summed E-state index contributed by atoms with van der Waals surface area (Å²) >= 11 is 0. The van der Waals surface area contributed by atoms with Crippen LogP contribution in [0.1, 0.15) is 330 Å². The predicted octanol–water partition coefficient (Wildman–Crippen LogP) is 19.3. The highest BCUT2D eigenvalue weighted by molar-refractivity contribution is 5.71. The van der Waals surface area contributed by atoms with E-state index in [0.717, 1.165) is 69.6 Å². The van der Waals surface area contributed by atoms with Crippen molar-refractivity contribution < 1.29 is 28.6 Å². The van der Waals surface area contributed by atoms with Gasteiger partial charge in [0.1, 0.15) is 13.2 Å². The molecule has 1 atom stereocenters. The molecular formula is C59H114O6. The first-order valence-electron chi connectivity index (χ1n) is 29.2. The van der Waals surface area contributed by atoms with Gasteiger partial charge in [-0.25, -0.2) is 0 Å². The van der Waals surface area contributed by atoms with Gasteiger partial charge < -0.3 is 14.2 Å². The maximum atomic E-state index is 12.9. The summed E-state index contributed by atoms with van der Waals surface area (Å²) in [6.45, 7) is 11.4. The summed E-state index contributed by atoms with van der Waals surface area (Å²) in [5.41, 5.74) is 0. The number of hydrogen-bond donors (Lipinski definition) is 0. The lowest BCUT2D eigenvalue weighted by Gasteiger charge is -2.18. The van der Waals surface area contributed by atoms with Crippen LogP contribution in [0.15, 0.2) is 0 Å². The quantitative estimate of drug-likeness (QED) is 0.0344. The molecule has 0 amide bonds. The average molecular weight is 920 g/mol. The van der Waals surface area contributed by atoms with Crippen molar-refractivity contribution in [2.45, 2.75) is 336 Å². The van der Waals surface area contributed by atoms with E-state index in [1.165, 1.54) is 218 Å². The number of carbonyl (C=O) groups is 3. The molecule has 0 spiro atoms. The molecule has 0 N–H and O–H groups in total.